The standard InChI is InChI=1S/C16H16N4O5/c21-6-10-12(22)13(23)16(25-10)20-7-17-11-14(20)18-8-19(15(11)24)9-4-2-1-3-5-9/h1-5,7-8,10,12-13,16,21-23H,6H2/t10-,12-,13-,16-/m1/s1. The van der Waals surface area contributed by atoms with Gasteiger partial charge in [0.15, 0.2) is 17.4 Å². The van der Waals surface area contributed by atoms with Crippen molar-refractivity contribution in [2.45, 2.75) is 24.5 Å². The van der Waals surface area contributed by atoms with E-state index in [0.717, 1.165) is 0 Å². The van der Waals surface area contributed by atoms with Gasteiger partial charge in [0.25, 0.3) is 5.56 Å². The van der Waals surface area contributed by atoms with E-state index in [-0.39, 0.29) is 16.7 Å². The Labute approximate surface area is 141 Å². The number of nitrogens with zero attached hydrogens (tertiary/aromatic N) is 4. The van der Waals surface area contributed by atoms with Gasteiger partial charge in [0.05, 0.1) is 18.6 Å². The Morgan fingerprint density at radius 3 is 2.52 bits per heavy atom. The van der Waals surface area contributed by atoms with Crippen molar-refractivity contribution in [1.29, 1.82) is 0 Å². The lowest BCUT2D eigenvalue weighted by Crippen LogP contribution is -2.33. The van der Waals surface area contributed by atoms with Crippen molar-refractivity contribution in [2.24, 2.45) is 0 Å². The highest BCUT2D eigenvalue weighted by Gasteiger charge is 2.44. The molecule has 1 aromatic carbocycles. The van der Waals surface area contributed by atoms with Crippen LogP contribution < -0.4 is 5.56 Å². The maximum absolute atomic E-state index is 12.7. The number of imidazole rings is 1. The van der Waals surface area contributed by atoms with E-state index in [9.17, 15) is 20.1 Å². The summed E-state index contributed by atoms with van der Waals surface area (Å²) in [6.07, 6.45) is -1.71. The molecule has 9 nitrogen and oxygen atoms in total. The molecule has 0 amide bonds. The van der Waals surface area contributed by atoms with Crippen LogP contribution in [0.5, 0.6) is 0 Å². The van der Waals surface area contributed by atoms with Crippen LogP contribution in [0.1, 0.15) is 6.23 Å². The number of hydrogen-bond donors (Lipinski definition) is 3. The fourth-order valence-electron chi connectivity index (χ4n) is 2.98. The van der Waals surface area contributed by atoms with Gasteiger partial charge >= 0.3 is 0 Å². The first-order chi connectivity index (χ1) is 12.1. The monoisotopic (exact) mass is 344 g/mol. The molecule has 1 fully saturated rings. The van der Waals surface area contributed by atoms with Gasteiger partial charge in [-0.2, -0.15) is 0 Å². The highest BCUT2D eigenvalue weighted by molar-refractivity contribution is 5.69. The molecule has 2 aromatic heterocycles. The number of aliphatic hydroxyl groups is 3. The van der Waals surface area contributed by atoms with Crippen LogP contribution in [0.15, 0.2) is 47.8 Å². The molecule has 9 heteroatoms. The van der Waals surface area contributed by atoms with E-state index in [1.54, 1.807) is 12.1 Å². The molecule has 1 saturated heterocycles. The number of aromatic nitrogens is 4. The zero-order chi connectivity index (χ0) is 17.6. The number of ether oxygens (including phenoxy) is 1. The zero-order valence-electron chi connectivity index (χ0n) is 13.0. The molecule has 3 N–H and O–H groups in total. The van der Waals surface area contributed by atoms with Gasteiger partial charge in [-0.1, -0.05) is 18.2 Å². The van der Waals surface area contributed by atoms with Crippen LogP contribution >= 0.6 is 0 Å². The van der Waals surface area contributed by atoms with Crippen LogP contribution in [0.3, 0.4) is 0 Å². The highest BCUT2D eigenvalue weighted by Crippen LogP contribution is 2.30. The smallest absolute Gasteiger partial charge is 0.286 e. The van der Waals surface area contributed by atoms with E-state index in [1.807, 2.05) is 18.2 Å². The van der Waals surface area contributed by atoms with E-state index < -0.39 is 31.1 Å². The molecule has 1 aliphatic rings. The van der Waals surface area contributed by atoms with Gasteiger partial charge in [0.2, 0.25) is 0 Å². The number of rotatable bonds is 3. The molecule has 0 bridgehead atoms. The maximum Gasteiger partial charge on any atom is 0.286 e. The van der Waals surface area contributed by atoms with Gasteiger partial charge in [-0.15, -0.1) is 0 Å². The lowest BCUT2D eigenvalue weighted by atomic mass is 10.1. The molecule has 1 aliphatic heterocycles. The van der Waals surface area contributed by atoms with Crippen molar-refractivity contribution in [3.63, 3.8) is 0 Å². The molecule has 4 atom stereocenters. The van der Waals surface area contributed by atoms with Gasteiger partial charge < -0.3 is 20.1 Å². The minimum atomic E-state index is -1.27. The number of para-hydroxylation sites is 1. The largest absolute Gasteiger partial charge is 0.394 e. The Kier molecular flexibility index (Phi) is 3.85. The van der Waals surface area contributed by atoms with Gasteiger partial charge in [0, 0.05) is 0 Å². The SMILES string of the molecule is O=c1c2ncn([C@@H]3O[C@H](CO)[C@@H](O)[C@H]3O)c2ncn1-c1ccccc1. The quantitative estimate of drug-likeness (QED) is 0.568. The summed E-state index contributed by atoms with van der Waals surface area (Å²) in [5.74, 6) is 0. The Balaban J connectivity index is 1.79. The fourth-order valence-corrected chi connectivity index (χ4v) is 2.98. The summed E-state index contributed by atoms with van der Waals surface area (Å²) in [6, 6.07) is 9.01. The molecule has 4 rings (SSSR count). The summed E-state index contributed by atoms with van der Waals surface area (Å²) in [5.41, 5.74) is 0.641. The van der Waals surface area contributed by atoms with Gasteiger partial charge in [0.1, 0.15) is 24.6 Å². The number of hydrogen-bond acceptors (Lipinski definition) is 7. The van der Waals surface area contributed by atoms with E-state index in [1.165, 1.54) is 21.8 Å². The molecule has 3 heterocycles. The molecule has 130 valence electrons. The number of benzene rings is 1. The summed E-state index contributed by atoms with van der Waals surface area (Å²) in [4.78, 5) is 21.0. The van der Waals surface area contributed by atoms with E-state index >= 15 is 0 Å². The topological polar surface area (TPSA) is 123 Å². The Bertz CT molecular complexity index is 954. The van der Waals surface area contributed by atoms with Gasteiger partial charge in [-0.3, -0.25) is 13.9 Å². The Morgan fingerprint density at radius 1 is 1.08 bits per heavy atom. The Morgan fingerprint density at radius 2 is 1.84 bits per heavy atom. The van der Waals surface area contributed by atoms with E-state index in [2.05, 4.69) is 9.97 Å². The summed E-state index contributed by atoms with van der Waals surface area (Å²) in [5, 5.41) is 29.2. The van der Waals surface area contributed by atoms with Crippen molar-refractivity contribution in [2.75, 3.05) is 6.61 Å². The van der Waals surface area contributed by atoms with Gasteiger partial charge in [-0.25, -0.2) is 9.97 Å². The normalized spacial score (nSPS) is 26.4. The average molecular weight is 344 g/mol. The molecule has 0 radical (unpaired) electrons. The minimum absolute atomic E-state index is 0.115. The van der Waals surface area contributed by atoms with Crippen LogP contribution in [-0.2, 0) is 4.74 Å². The van der Waals surface area contributed by atoms with Crippen LogP contribution in [0.4, 0.5) is 0 Å². The summed E-state index contributed by atoms with van der Waals surface area (Å²) < 4.78 is 8.22. The molecule has 0 saturated carbocycles. The van der Waals surface area contributed by atoms with Gasteiger partial charge in [-0.05, 0) is 12.1 Å². The van der Waals surface area contributed by atoms with Crippen molar-refractivity contribution >= 4 is 11.2 Å². The average Bonchev–Trinajstić information content (AvgIpc) is 3.18. The molecule has 0 spiro atoms. The molecule has 0 unspecified atom stereocenters. The second-order valence-electron chi connectivity index (χ2n) is 5.81. The van der Waals surface area contributed by atoms with Crippen molar-refractivity contribution in [3.8, 4) is 5.69 Å². The van der Waals surface area contributed by atoms with Crippen molar-refractivity contribution in [3.05, 3.63) is 53.3 Å². The summed E-state index contributed by atoms with van der Waals surface area (Å²) in [7, 11) is 0. The number of fused-ring (bicyclic) bond motifs is 1. The third-order valence-electron chi connectivity index (χ3n) is 4.31. The first kappa shape index (κ1) is 15.9. The van der Waals surface area contributed by atoms with E-state index in [4.69, 9.17) is 4.74 Å². The minimum Gasteiger partial charge on any atom is -0.394 e. The molecular weight excluding hydrogens is 328 g/mol. The number of aliphatic hydroxyl groups excluding tert-OH is 3. The molecule has 3 aromatic rings. The van der Waals surface area contributed by atoms with Crippen LogP contribution in [0.25, 0.3) is 16.9 Å². The second-order valence-corrected chi connectivity index (χ2v) is 5.81. The Hall–Kier alpha value is -2.59. The molecule has 0 aliphatic carbocycles. The van der Waals surface area contributed by atoms with Crippen molar-refractivity contribution < 1.29 is 20.1 Å². The van der Waals surface area contributed by atoms with E-state index in [0.29, 0.717) is 5.69 Å². The predicted octanol–water partition coefficient (Wildman–Crippen LogP) is -0.806. The second kappa shape index (κ2) is 6.05. The summed E-state index contributed by atoms with van der Waals surface area (Å²) in [6.45, 7) is -0.435. The van der Waals surface area contributed by atoms with Crippen LogP contribution in [-0.4, -0.2) is 59.3 Å². The molecular formula is C16H16N4O5. The van der Waals surface area contributed by atoms with Crippen molar-refractivity contribution in [1.82, 2.24) is 19.1 Å². The predicted molar refractivity (Wildman–Crippen MR) is 86.1 cm³/mol. The van der Waals surface area contributed by atoms with Crippen LogP contribution in [0, 0.1) is 0 Å². The third-order valence-corrected chi connectivity index (χ3v) is 4.31. The zero-order valence-corrected chi connectivity index (χ0v) is 13.0. The highest BCUT2D eigenvalue weighted by atomic mass is 16.6. The lowest BCUT2D eigenvalue weighted by Gasteiger charge is -2.16. The molecule has 25 heavy (non-hydrogen) atoms. The first-order valence-corrected chi connectivity index (χ1v) is 7.74. The first-order valence-electron chi connectivity index (χ1n) is 7.74. The van der Waals surface area contributed by atoms with Crippen LogP contribution in [0.2, 0.25) is 0 Å². The third kappa shape index (κ3) is 2.45. The fraction of sp³-hybridized carbons (Fsp3) is 0.312. The maximum atomic E-state index is 12.7. The summed E-state index contributed by atoms with van der Waals surface area (Å²) >= 11 is 0. The lowest BCUT2D eigenvalue weighted by molar-refractivity contribution is -0.0511.